The van der Waals surface area contributed by atoms with Crippen molar-refractivity contribution in [3.05, 3.63) is 29.3 Å². The van der Waals surface area contributed by atoms with E-state index in [1.165, 1.54) is 32.1 Å². The molecule has 0 heterocycles. The number of ketones is 1. The van der Waals surface area contributed by atoms with Crippen molar-refractivity contribution in [1.82, 2.24) is 0 Å². The van der Waals surface area contributed by atoms with Gasteiger partial charge in [0.05, 0.1) is 13.2 Å². The molecule has 0 aliphatic heterocycles. The lowest BCUT2D eigenvalue weighted by Gasteiger charge is -2.22. The van der Waals surface area contributed by atoms with Crippen molar-refractivity contribution < 1.29 is 19.1 Å². The number of carbonyl (C=O) groups is 2. The number of esters is 1. The summed E-state index contributed by atoms with van der Waals surface area (Å²) >= 11 is 3.37. The lowest BCUT2D eigenvalue weighted by molar-refractivity contribution is -0.137. The molecule has 1 aliphatic rings. The van der Waals surface area contributed by atoms with Crippen LogP contribution in [-0.4, -0.2) is 25.0 Å². The summed E-state index contributed by atoms with van der Waals surface area (Å²) in [6.45, 7) is 2.59. The zero-order chi connectivity index (χ0) is 16.7. The van der Waals surface area contributed by atoms with Gasteiger partial charge in [-0.1, -0.05) is 35.2 Å². The van der Waals surface area contributed by atoms with Gasteiger partial charge in [0.25, 0.3) is 5.78 Å². The van der Waals surface area contributed by atoms with E-state index in [1.807, 2.05) is 6.07 Å². The molecule has 23 heavy (non-hydrogen) atoms. The van der Waals surface area contributed by atoms with Crippen molar-refractivity contribution in [1.29, 1.82) is 0 Å². The molecule has 4 nitrogen and oxygen atoms in total. The van der Waals surface area contributed by atoms with Gasteiger partial charge in [0, 0.05) is 10.9 Å². The lowest BCUT2D eigenvalue weighted by Crippen LogP contribution is -2.19. The largest absolute Gasteiger partial charge is 0.493 e. The Morgan fingerprint density at radius 2 is 1.96 bits per heavy atom. The molecule has 0 spiro atoms. The number of hydrogen-bond acceptors (Lipinski definition) is 4. The maximum atomic E-state index is 12.1. The highest BCUT2D eigenvalue weighted by atomic mass is 79.9. The summed E-state index contributed by atoms with van der Waals surface area (Å²) in [7, 11) is 0. The molecule has 1 aromatic carbocycles. The van der Waals surface area contributed by atoms with Crippen molar-refractivity contribution >= 4 is 27.7 Å². The Morgan fingerprint density at radius 1 is 1.22 bits per heavy atom. The van der Waals surface area contributed by atoms with Gasteiger partial charge >= 0.3 is 5.97 Å². The summed E-state index contributed by atoms with van der Waals surface area (Å²) in [5.41, 5.74) is 1.11. The fourth-order valence-corrected chi connectivity index (χ4v) is 3.33. The Kier molecular flexibility index (Phi) is 7.09. The number of carbonyl (C=O) groups excluding carboxylic acids is 2. The number of rotatable bonds is 7. The third-order valence-electron chi connectivity index (χ3n) is 4.14. The average molecular weight is 383 g/mol. The van der Waals surface area contributed by atoms with Crippen LogP contribution >= 0.6 is 15.9 Å². The number of Topliss-reactive ketones (excluding diaryl/α,β-unsaturated/α-hetero) is 1. The van der Waals surface area contributed by atoms with Crippen molar-refractivity contribution in [2.45, 2.75) is 44.4 Å². The van der Waals surface area contributed by atoms with Crippen molar-refractivity contribution in [3.63, 3.8) is 0 Å². The highest BCUT2D eigenvalue weighted by Gasteiger charge is 2.21. The molecule has 5 heteroatoms. The molecular formula is C18H23BrO4. The Morgan fingerprint density at radius 3 is 2.61 bits per heavy atom. The molecule has 1 aromatic rings. The van der Waals surface area contributed by atoms with Crippen LogP contribution in [0.1, 0.15) is 54.9 Å². The second-order valence-electron chi connectivity index (χ2n) is 5.82. The highest BCUT2D eigenvalue weighted by molar-refractivity contribution is 9.08. The van der Waals surface area contributed by atoms with E-state index in [0.717, 1.165) is 11.3 Å². The van der Waals surface area contributed by atoms with E-state index in [0.29, 0.717) is 23.4 Å². The van der Waals surface area contributed by atoms with E-state index < -0.39 is 11.8 Å². The monoisotopic (exact) mass is 382 g/mol. The standard InChI is InChI=1S/C18H23BrO4/c1-2-22-18(21)17(20)16-9-8-15(10-14(16)11-19)23-12-13-6-4-3-5-7-13/h8-10,13H,2-7,11-12H2,1H3. The molecule has 0 amide bonds. The summed E-state index contributed by atoms with van der Waals surface area (Å²) in [5.74, 6) is -0.0619. The predicted molar refractivity (Wildman–Crippen MR) is 92.1 cm³/mol. The first-order valence-electron chi connectivity index (χ1n) is 8.18. The van der Waals surface area contributed by atoms with Crippen molar-refractivity contribution in [3.8, 4) is 5.75 Å². The lowest BCUT2D eigenvalue weighted by atomic mass is 9.90. The first kappa shape index (κ1) is 18.0. The van der Waals surface area contributed by atoms with Gasteiger partial charge in [0.1, 0.15) is 5.75 Å². The van der Waals surface area contributed by atoms with E-state index in [9.17, 15) is 9.59 Å². The predicted octanol–water partition coefficient (Wildman–Crippen LogP) is 4.29. The third kappa shape index (κ3) is 5.06. The fraction of sp³-hybridized carbons (Fsp3) is 0.556. The van der Waals surface area contributed by atoms with Gasteiger partial charge in [0.15, 0.2) is 0 Å². The number of benzene rings is 1. The molecule has 1 aliphatic carbocycles. The zero-order valence-corrected chi connectivity index (χ0v) is 15.1. The van der Waals surface area contributed by atoms with Gasteiger partial charge in [-0.2, -0.15) is 0 Å². The summed E-state index contributed by atoms with van der Waals surface area (Å²) in [4.78, 5) is 23.7. The minimum absolute atomic E-state index is 0.191. The smallest absolute Gasteiger partial charge is 0.379 e. The third-order valence-corrected chi connectivity index (χ3v) is 4.74. The van der Waals surface area contributed by atoms with Crippen LogP contribution in [0.2, 0.25) is 0 Å². The Bertz CT molecular complexity index is 550. The summed E-state index contributed by atoms with van der Waals surface area (Å²) in [6, 6.07) is 5.22. The van der Waals surface area contributed by atoms with Gasteiger partial charge in [0.2, 0.25) is 0 Å². The Balaban J connectivity index is 2.03. The van der Waals surface area contributed by atoms with Crippen LogP contribution in [0.3, 0.4) is 0 Å². The second kappa shape index (κ2) is 9.06. The normalized spacial score (nSPS) is 15.2. The molecule has 126 valence electrons. The number of ether oxygens (including phenoxy) is 2. The summed E-state index contributed by atoms with van der Waals surface area (Å²) in [6.07, 6.45) is 6.35. The first-order chi connectivity index (χ1) is 11.2. The average Bonchev–Trinajstić information content (AvgIpc) is 2.60. The quantitative estimate of drug-likeness (QED) is 0.305. The molecular weight excluding hydrogens is 360 g/mol. The van der Waals surface area contributed by atoms with Gasteiger partial charge in [-0.05, 0) is 49.4 Å². The van der Waals surface area contributed by atoms with Crippen LogP contribution in [0, 0.1) is 5.92 Å². The molecule has 1 saturated carbocycles. The Hall–Kier alpha value is -1.36. The molecule has 0 unspecified atom stereocenters. The van der Waals surface area contributed by atoms with Crippen LogP contribution in [0.15, 0.2) is 18.2 Å². The number of hydrogen-bond donors (Lipinski definition) is 0. The molecule has 0 aromatic heterocycles. The second-order valence-corrected chi connectivity index (χ2v) is 6.38. The first-order valence-corrected chi connectivity index (χ1v) is 9.31. The zero-order valence-electron chi connectivity index (χ0n) is 13.5. The van der Waals surface area contributed by atoms with E-state index in [1.54, 1.807) is 19.1 Å². The molecule has 1 fully saturated rings. The van der Waals surface area contributed by atoms with Gasteiger partial charge < -0.3 is 9.47 Å². The summed E-state index contributed by atoms with van der Waals surface area (Å²) < 4.78 is 10.7. The van der Waals surface area contributed by atoms with Crippen LogP contribution in [0.5, 0.6) is 5.75 Å². The van der Waals surface area contributed by atoms with E-state index >= 15 is 0 Å². The topological polar surface area (TPSA) is 52.6 Å². The molecule has 0 atom stereocenters. The van der Waals surface area contributed by atoms with Gasteiger partial charge in [-0.25, -0.2) is 4.79 Å². The Labute approximate surface area is 145 Å². The maximum absolute atomic E-state index is 12.1. The van der Waals surface area contributed by atoms with E-state index in [4.69, 9.17) is 9.47 Å². The van der Waals surface area contributed by atoms with Crippen LogP contribution in [0.25, 0.3) is 0 Å². The molecule has 0 saturated heterocycles. The minimum Gasteiger partial charge on any atom is -0.493 e. The van der Waals surface area contributed by atoms with Crippen LogP contribution in [-0.2, 0) is 14.9 Å². The molecule has 0 bridgehead atoms. The van der Waals surface area contributed by atoms with Gasteiger partial charge in [-0.3, -0.25) is 4.79 Å². The maximum Gasteiger partial charge on any atom is 0.379 e. The minimum atomic E-state index is -0.814. The fourth-order valence-electron chi connectivity index (χ4n) is 2.87. The van der Waals surface area contributed by atoms with E-state index in [-0.39, 0.29) is 6.61 Å². The molecule has 0 radical (unpaired) electrons. The number of halogens is 1. The van der Waals surface area contributed by atoms with E-state index in [2.05, 4.69) is 15.9 Å². The van der Waals surface area contributed by atoms with Crippen LogP contribution < -0.4 is 4.74 Å². The number of alkyl halides is 1. The molecule has 0 N–H and O–H groups in total. The highest BCUT2D eigenvalue weighted by Crippen LogP contribution is 2.26. The SMILES string of the molecule is CCOC(=O)C(=O)c1ccc(OCC2CCCCC2)cc1CBr. The van der Waals surface area contributed by atoms with Crippen LogP contribution in [0.4, 0.5) is 0 Å². The van der Waals surface area contributed by atoms with Crippen molar-refractivity contribution in [2.24, 2.45) is 5.92 Å². The molecule has 2 rings (SSSR count). The summed E-state index contributed by atoms with van der Waals surface area (Å²) in [5, 5.41) is 0.480. The van der Waals surface area contributed by atoms with Gasteiger partial charge in [-0.15, -0.1) is 0 Å². The van der Waals surface area contributed by atoms with Crippen molar-refractivity contribution in [2.75, 3.05) is 13.2 Å².